The molecule has 1 nitrogen and oxygen atoms in total. The minimum absolute atomic E-state index is 0.342. The quantitative estimate of drug-likeness (QED) is 0.719. The van der Waals surface area contributed by atoms with Crippen LogP contribution in [-0.2, 0) is 0 Å². The zero-order valence-electron chi connectivity index (χ0n) is 8.92. The summed E-state index contributed by atoms with van der Waals surface area (Å²) in [6.45, 7) is 10.4. The highest BCUT2D eigenvalue weighted by atomic mass is 32.2. The Balaban J connectivity index is 3.75. The summed E-state index contributed by atoms with van der Waals surface area (Å²) in [6.07, 6.45) is 1.18. The lowest BCUT2D eigenvalue weighted by Gasteiger charge is -2.28. The molecule has 0 aromatic carbocycles. The third kappa shape index (κ3) is 4.36. The van der Waals surface area contributed by atoms with Crippen LogP contribution in [0.25, 0.3) is 0 Å². The van der Waals surface area contributed by atoms with E-state index in [-0.39, 0.29) is 0 Å². The minimum atomic E-state index is -0.506. The Labute approximate surface area is 80.9 Å². The Morgan fingerprint density at radius 3 is 2.17 bits per heavy atom. The van der Waals surface area contributed by atoms with Crippen LogP contribution in [0.4, 0.5) is 0 Å². The van der Waals surface area contributed by atoms with Crippen LogP contribution in [0.2, 0.25) is 0 Å². The Morgan fingerprint density at radius 1 is 1.33 bits per heavy atom. The maximum Gasteiger partial charge on any atom is 0.0732 e. The highest BCUT2D eigenvalue weighted by molar-refractivity contribution is 7.99. The lowest BCUT2D eigenvalue weighted by Crippen LogP contribution is -2.34. The Kier molecular flexibility index (Phi) is 5.26. The van der Waals surface area contributed by atoms with Gasteiger partial charge in [-0.1, -0.05) is 27.7 Å². The number of hydrogen-bond acceptors (Lipinski definition) is 2. The van der Waals surface area contributed by atoms with Gasteiger partial charge in [-0.15, -0.1) is 0 Å². The molecule has 0 saturated carbocycles. The van der Waals surface area contributed by atoms with Gasteiger partial charge in [-0.05, 0) is 19.3 Å². The molecule has 0 heterocycles. The van der Waals surface area contributed by atoms with E-state index in [2.05, 4.69) is 27.7 Å². The van der Waals surface area contributed by atoms with Crippen molar-refractivity contribution < 1.29 is 5.11 Å². The Morgan fingerprint density at radius 2 is 1.83 bits per heavy atom. The molecule has 0 aromatic heterocycles. The molecule has 0 aliphatic heterocycles. The first-order valence-electron chi connectivity index (χ1n) is 4.74. The minimum Gasteiger partial charge on any atom is -0.389 e. The molecule has 0 aliphatic rings. The fraction of sp³-hybridized carbons (Fsp3) is 1.00. The third-order valence-corrected chi connectivity index (χ3v) is 4.13. The maximum atomic E-state index is 9.92. The van der Waals surface area contributed by atoms with Gasteiger partial charge in [0.25, 0.3) is 0 Å². The molecule has 12 heavy (non-hydrogen) atoms. The van der Waals surface area contributed by atoms with Crippen LogP contribution in [0.1, 0.15) is 41.0 Å². The van der Waals surface area contributed by atoms with E-state index >= 15 is 0 Å². The SMILES string of the molecule is CCC(C)SCC(C)(O)C(C)C. The first kappa shape index (κ1) is 12.3. The molecule has 2 heteroatoms. The topological polar surface area (TPSA) is 20.2 Å². The van der Waals surface area contributed by atoms with Crippen LogP contribution in [0.3, 0.4) is 0 Å². The summed E-state index contributed by atoms with van der Waals surface area (Å²) in [5.41, 5.74) is -0.506. The molecule has 0 aliphatic carbocycles. The lowest BCUT2D eigenvalue weighted by atomic mass is 9.95. The molecule has 0 saturated heterocycles. The smallest absolute Gasteiger partial charge is 0.0732 e. The molecular weight excluding hydrogens is 168 g/mol. The molecule has 0 bridgehead atoms. The molecule has 0 aromatic rings. The van der Waals surface area contributed by atoms with Gasteiger partial charge in [0, 0.05) is 11.0 Å². The number of hydrogen-bond donors (Lipinski definition) is 1. The average molecular weight is 190 g/mol. The lowest BCUT2D eigenvalue weighted by molar-refractivity contribution is 0.0375. The van der Waals surface area contributed by atoms with E-state index in [4.69, 9.17) is 0 Å². The van der Waals surface area contributed by atoms with Gasteiger partial charge >= 0.3 is 0 Å². The van der Waals surface area contributed by atoms with Crippen molar-refractivity contribution in [3.05, 3.63) is 0 Å². The van der Waals surface area contributed by atoms with Gasteiger partial charge in [0.05, 0.1) is 5.60 Å². The summed E-state index contributed by atoms with van der Waals surface area (Å²) < 4.78 is 0. The van der Waals surface area contributed by atoms with Crippen molar-refractivity contribution in [1.29, 1.82) is 0 Å². The molecule has 74 valence electrons. The predicted molar refractivity (Wildman–Crippen MR) is 57.7 cm³/mol. The Hall–Kier alpha value is 0.310. The van der Waals surface area contributed by atoms with Crippen molar-refractivity contribution in [3.8, 4) is 0 Å². The average Bonchev–Trinajstić information content (AvgIpc) is 2.00. The monoisotopic (exact) mass is 190 g/mol. The van der Waals surface area contributed by atoms with Gasteiger partial charge in [0.1, 0.15) is 0 Å². The van der Waals surface area contributed by atoms with Gasteiger partial charge in [0.2, 0.25) is 0 Å². The highest BCUT2D eigenvalue weighted by Gasteiger charge is 2.25. The standard InChI is InChI=1S/C10H22OS/c1-6-9(4)12-7-10(5,11)8(2)3/h8-9,11H,6-7H2,1-5H3. The van der Waals surface area contributed by atoms with Crippen molar-refractivity contribution >= 4 is 11.8 Å². The van der Waals surface area contributed by atoms with Crippen LogP contribution >= 0.6 is 11.8 Å². The normalized spacial score (nSPS) is 19.2. The molecule has 1 N–H and O–H groups in total. The van der Waals surface area contributed by atoms with Gasteiger partial charge in [-0.2, -0.15) is 11.8 Å². The van der Waals surface area contributed by atoms with E-state index in [9.17, 15) is 5.11 Å². The van der Waals surface area contributed by atoms with E-state index in [1.807, 2.05) is 18.7 Å². The molecule has 0 spiro atoms. The third-order valence-electron chi connectivity index (χ3n) is 2.48. The van der Waals surface area contributed by atoms with Crippen LogP contribution < -0.4 is 0 Å². The second-order valence-corrected chi connectivity index (χ2v) is 5.47. The molecule has 0 amide bonds. The number of aliphatic hydroxyl groups is 1. The van der Waals surface area contributed by atoms with E-state index in [1.165, 1.54) is 6.42 Å². The zero-order chi connectivity index (χ0) is 9.78. The van der Waals surface area contributed by atoms with Crippen molar-refractivity contribution in [2.45, 2.75) is 51.9 Å². The van der Waals surface area contributed by atoms with Crippen LogP contribution in [0.15, 0.2) is 0 Å². The largest absolute Gasteiger partial charge is 0.389 e. The predicted octanol–water partition coefficient (Wildman–Crippen LogP) is 2.93. The van der Waals surface area contributed by atoms with Gasteiger partial charge in [-0.3, -0.25) is 0 Å². The van der Waals surface area contributed by atoms with E-state index < -0.39 is 5.60 Å². The van der Waals surface area contributed by atoms with Crippen molar-refractivity contribution in [2.75, 3.05) is 5.75 Å². The van der Waals surface area contributed by atoms with E-state index in [0.717, 1.165) is 5.75 Å². The highest BCUT2D eigenvalue weighted by Crippen LogP contribution is 2.25. The first-order valence-corrected chi connectivity index (χ1v) is 5.79. The number of rotatable bonds is 5. The molecular formula is C10H22OS. The molecule has 0 radical (unpaired) electrons. The molecule has 2 atom stereocenters. The summed E-state index contributed by atoms with van der Waals surface area (Å²) >= 11 is 1.86. The van der Waals surface area contributed by atoms with Gasteiger partial charge in [0.15, 0.2) is 0 Å². The zero-order valence-corrected chi connectivity index (χ0v) is 9.74. The fourth-order valence-corrected chi connectivity index (χ4v) is 1.79. The van der Waals surface area contributed by atoms with Crippen LogP contribution in [-0.4, -0.2) is 21.7 Å². The Bertz CT molecular complexity index is 121. The summed E-state index contributed by atoms with van der Waals surface area (Å²) in [7, 11) is 0. The molecule has 2 unspecified atom stereocenters. The second-order valence-electron chi connectivity index (χ2n) is 4.04. The maximum absolute atomic E-state index is 9.92. The van der Waals surface area contributed by atoms with Gasteiger partial charge < -0.3 is 5.11 Å². The summed E-state index contributed by atoms with van der Waals surface area (Å²) in [6, 6.07) is 0. The number of thioether (sulfide) groups is 1. The van der Waals surface area contributed by atoms with Gasteiger partial charge in [-0.25, -0.2) is 0 Å². The van der Waals surface area contributed by atoms with E-state index in [0.29, 0.717) is 11.2 Å². The van der Waals surface area contributed by atoms with Crippen molar-refractivity contribution in [2.24, 2.45) is 5.92 Å². The fourth-order valence-electron chi connectivity index (χ4n) is 0.595. The van der Waals surface area contributed by atoms with Crippen LogP contribution in [0, 0.1) is 5.92 Å². The summed E-state index contributed by atoms with van der Waals surface area (Å²) in [4.78, 5) is 0. The van der Waals surface area contributed by atoms with Crippen LogP contribution in [0.5, 0.6) is 0 Å². The summed E-state index contributed by atoms with van der Waals surface area (Å²) in [5.74, 6) is 1.19. The molecule has 0 fully saturated rings. The van der Waals surface area contributed by atoms with Crippen molar-refractivity contribution in [3.63, 3.8) is 0 Å². The van der Waals surface area contributed by atoms with E-state index in [1.54, 1.807) is 0 Å². The second kappa shape index (κ2) is 5.13. The summed E-state index contributed by atoms with van der Waals surface area (Å²) in [5, 5.41) is 10.6. The molecule has 0 rings (SSSR count). The first-order chi connectivity index (χ1) is 5.40. The van der Waals surface area contributed by atoms with Crippen molar-refractivity contribution in [1.82, 2.24) is 0 Å².